The van der Waals surface area contributed by atoms with E-state index in [-0.39, 0.29) is 6.42 Å². The van der Waals surface area contributed by atoms with Crippen LogP contribution in [0.5, 0.6) is 0 Å². The second-order valence-corrected chi connectivity index (χ2v) is 3.94. The lowest BCUT2D eigenvalue weighted by Crippen LogP contribution is -2.16. The maximum absolute atomic E-state index is 12.5. The molecule has 0 unspecified atom stereocenters. The van der Waals surface area contributed by atoms with E-state index in [1.807, 2.05) is 18.5 Å². The fourth-order valence-corrected chi connectivity index (χ4v) is 2.05. The van der Waals surface area contributed by atoms with Gasteiger partial charge in [0.25, 0.3) is 0 Å². The van der Waals surface area contributed by atoms with Gasteiger partial charge >= 0.3 is 6.18 Å². The molecule has 0 N–H and O–H groups in total. The summed E-state index contributed by atoms with van der Waals surface area (Å²) < 4.78 is 39.5. The fourth-order valence-electron chi connectivity index (χ4n) is 2.05. The lowest BCUT2D eigenvalue weighted by atomic mass is 10.00. The topological polar surface area (TPSA) is 17.8 Å². The molecule has 0 aliphatic heterocycles. The molecule has 1 heterocycles. The first-order valence-corrected chi connectivity index (χ1v) is 5.25. The number of imidazole rings is 1. The van der Waals surface area contributed by atoms with E-state index in [0.717, 1.165) is 17.9 Å². The van der Waals surface area contributed by atoms with E-state index >= 15 is 0 Å². The lowest BCUT2D eigenvalue weighted by Gasteiger charge is -2.16. The van der Waals surface area contributed by atoms with Crippen molar-refractivity contribution in [1.82, 2.24) is 9.55 Å². The van der Waals surface area contributed by atoms with Crippen molar-refractivity contribution in [2.45, 2.75) is 32.4 Å². The molecule has 1 aliphatic rings. The standard InChI is InChI=1S/C11H13F3N2/c1-3-10-15-8-6-7(11(12,13)14)4-5-9(8)16(10)2/h6H,3-5H2,1-2H3. The molecule has 16 heavy (non-hydrogen) atoms. The summed E-state index contributed by atoms with van der Waals surface area (Å²) in [7, 11) is 1.86. The summed E-state index contributed by atoms with van der Waals surface area (Å²) in [4.78, 5) is 4.22. The number of alkyl halides is 3. The molecule has 1 aromatic heterocycles. The van der Waals surface area contributed by atoms with Crippen LogP contribution in [0.15, 0.2) is 5.57 Å². The van der Waals surface area contributed by atoms with Gasteiger partial charge in [0.1, 0.15) is 5.82 Å². The van der Waals surface area contributed by atoms with Crippen molar-refractivity contribution in [2.24, 2.45) is 7.05 Å². The number of nitrogens with zero attached hydrogens (tertiary/aromatic N) is 2. The van der Waals surface area contributed by atoms with Crippen molar-refractivity contribution in [2.75, 3.05) is 0 Å². The van der Waals surface area contributed by atoms with Crippen LogP contribution in [0.1, 0.15) is 30.6 Å². The minimum absolute atomic E-state index is 0.0547. The Bertz CT molecular complexity index is 441. The number of aryl methyl sites for hydroxylation is 1. The Hall–Kier alpha value is -1.26. The van der Waals surface area contributed by atoms with Gasteiger partial charge in [0, 0.05) is 24.7 Å². The van der Waals surface area contributed by atoms with Crippen LogP contribution < -0.4 is 0 Å². The summed E-state index contributed by atoms with van der Waals surface area (Å²) in [5.74, 6) is 0.838. The van der Waals surface area contributed by atoms with Crippen molar-refractivity contribution in [3.05, 3.63) is 22.8 Å². The number of fused-ring (bicyclic) bond motifs is 1. The molecular weight excluding hydrogens is 217 g/mol. The summed E-state index contributed by atoms with van der Waals surface area (Å²) in [5, 5.41) is 0. The molecular formula is C11H13F3N2. The van der Waals surface area contributed by atoms with Gasteiger partial charge in [0.15, 0.2) is 0 Å². The highest BCUT2D eigenvalue weighted by molar-refractivity contribution is 5.56. The minimum Gasteiger partial charge on any atom is -0.335 e. The predicted molar refractivity (Wildman–Crippen MR) is 54.9 cm³/mol. The zero-order valence-electron chi connectivity index (χ0n) is 9.23. The third kappa shape index (κ3) is 1.74. The van der Waals surface area contributed by atoms with Gasteiger partial charge in [0.05, 0.1) is 5.69 Å². The monoisotopic (exact) mass is 230 g/mol. The van der Waals surface area contributed by atoms with Gasteiger partial charge in [-0.25, -0.2) is 4.98 Å². The van der Waals surface area contributed by atoms with E-state index in [9.17, 15) is 13.2 Å². The summed E-state index contributed by atoms with van der Waals surface area (Å²) in [6.07, 6.45) is -1.83. The number of halogens is 3. The highest BCUT2D eigenvalue weighted by Crippen LogP contribution is 2.34. The van der Waals surface area contributed by atoms with Gasteiger partial charge in [-0.05, 0) is 18.9 Å². The molecule has 0 saturated heterocycles. The summed E-state index contributed by atoms with van der Waals surface area (Å²) in [6.45, 7) is 1.95. The number of hydrogen-bond acceptors (Lipinski definition) is 1. The van der Waals surface area contributed by atoms with E-state index in [2.05, 4.69) is 4.98 Å². The number of allylic oxidation sites excluding steroid dienone is 1. The summed E-state index contributed by atoms with van der Waals surface area (Å²) in [5.41, 5.74) is 0.920. The second-order valence-electron chi connectivity index (χ2n) is 3.94. The van der Waals surface area contributed by atoms with Gasteiger partial charge in [0.2, 0.25) is 0 Å². The van der Waals surface area contributed by atoms with Gasteiger partial charge in [-0.1, -0.05) is 6.92 Å². The van der Waals surface area contributed by atoms with Crippen molar-refractivity contribution in [3.8, 4) is 0 Å². The molecule has 0 amide bonds. The van der Waals surface area contributed by atoms with Gasteiger partial charge in [-0.15, -0.1) is 0 Å². The molecule has 0 atom stereocenters. The Labute approximate surface area is 91.8 Å². The first-order valence-electron chi connectivity index (χ1n) is 5.25. The Morgan fingerprint density at radius 1 is 1.38 bits per heavy atom. The quantitative estimate of drug-likeness (QED) is 0.725. The van der Waals surface area contributed by atoms with Crippen LogP contribution in [-0.4, -0.2) is 15.7 Å². The third-order valence-corrected chi connectivity index (χ3v) is 2.96. The first kappa shape index (κ1) is 11.2. The van der Waals surface area contributed by atoms with Crippen molar-refractivity contribution in [3.63, 3.8) is 0 Å². The van der Waals surface area contributed by atoms with E-state index in [1.165, 1.54) is 6.08 Å². The first-order chi connectivity index (χ1) is 7.43. The van der Waals surface area contributed by atoms with Crippen LogP contribution in [0.25, 0.3) is 6.08 Å². The molecule has 0 aromatic carbocycles. The largest absolute Gasteiger partial charge is 0.412 e. The van der Waals surface area contributed by atoms with Crippen LogP contribution in [0.4, 0.5) is 13.2 Å². The minimum atomic E-state index is -4.22. The molecule has 2 nitrogen and oxygen atoms in total. The SMILES string of the molecule is CCc1nc2c(n1C)CCC(C(F)(F)F)=C2. The molecule has 88 valence electrons. The lowest BCUT2D eigenvalue weighted by molar-refractivity contribution is -0.0931. The van der Waals surface area contributed by atoms with Crippen molar-refractivity contribution in [1.29, 1.82) is 0 Å². The highest BCUT2D eigenvalue weighted by Gasteiger charge is 2.35. The maximum Gasteiger partial charge on any atom is 0.412 e. The van der Waals surface area contributed by atoms with Crippen LogP contribution >= 0.6 is 0 Å². The summed E-state index contributed by atoms with van der Waals surface area (Å²) in [6, 6.07) is 0. The second kappa shape index (κ2) is 3.64. The van der Waals surface area contributed by atoms with Crippen LogP contribution in [0, 0.1) is 0 Å². The zero-order valence-corrected chi connectivity index (χ0v) is 9.23. The molecule has 5 heteroatoms. The normalized spacial score (nSPS) is 15.9. The summed E-state index contributed by atoms with van der Waals surface area (Å²) >= 11 is 0. The van der Waals surface area contributed by atoms with Crippen LogP contribution in [0.2, 0.25) is 0 Å². The smallest absolute Gasteiger partial charge is 0.335 e. The van der Waals surface area contributed by atoms with E-state index in [1.54, 1.807) is 0 Å². The fraction of sp³-hybridized carbons (Fsp3) is 0.545. The van der Waals surface area contributed by atoms with E-state index < -0.39 is 11.7 Å². The molecule has 0 radical (unpaired) electrons. The Morgan fingerprint density at radius 3 is 2.62 bits per heavy atom. The molecule has 0 fully saturated rings. The van der Waals surface area contributed by atoms with Crippen LogP contribution in [-0.2, 0) is 19.9 Å². The Balaban J connectivity index is 2.45. The molecule has 0 bridgehead atoms. The average Bonchev–Trinajstić information content (AvgIpc) is 2.54. The number of rotatable bonds is 1. The number of aromatic nitrogens is 2. The van der Waals surface area contributed by atoms with E-state index in [4.69, 9.17) is 0 Å². The van der Waals surface area contributed by atoms with Gasteiger partial charge < -0.3 is 4.57 Å². The third-order valence-electron chi connectivity index (χ3n) is 2.96. The maximum atomic E-state index is 12.5. The van der Waals surface area contributed by atoms with Gasteiger partial charge in [-0.3, -0.25) is 0 Å². The zero-order chi connectivity index (χ0) is 11.9. The molecule has 1 aliphatic carbocycles. The molecule has 1 aromatic rings. The van der Waals surface area contributed by atoms with Crippen molar-refractivity contribution < 1.29 is 13.2 Å². The molecule has 2 rings (SSSR count). The number of hydrogen-bond donors (Lipinski definition) is 0. The Morgan fingerprint density at radius 2 is 2.06 bits per heavy atom. The molecule has 0 spiro atoms. The van der Waals surface area contributed by atoms with Gasteiger partial charge in [-0.2, -0.15) is 13.2 Å². The van der Waals surface area contributed by atoms with Crippen LogP contribution in [0.3, 0.4) is 0 Å². The highest BCUT2D eigenvalue weighted by atomic mass is 19.4. The molecule has 0 saturated carbocycles. The van der Waals surface area contributed by atoms with E-state index in [0.29, 0.717) is 12.1 Å². The van der Waals surface area contributed by atoms with Crippen molar-refractivity contribution >= 4 is 6.08 Å². The Kier molecular flexibility index (Phi) is 2.56. The average molecular weight is 230 g/mol. The predicted octanol–water partition coefficient (Wildman–Crippen LogP) is 2.87.